The van der Waals surface area contributed by atoms with Crippen molar-refractivity contribution in [3.05, 3.63) is 70.1 Å². The number of benzene rings is 1. The van der Waals surface area contributed by atoms with Crippen LogP contribution in [0.1, 0.15) is 25.8 Å². The second-order valence-electron chi connectivity index (χ2n) is 6.40. The number of ether oxygens (including phenoxy) is 1. The van der Waals surface area contributed by atoms with Gasteiger partial charge in [0, 0.05) is 10.9 Å². The summed E-state index contributed by atoms with van der Waals surface area (Å²) in [5.74, 6) is -0.896. The van der Waals surface area contributed by atoms with Crippen LogP contribution >= 0.6 is 22.7 Å². The van der Waals surface area contributed by atoms with Gasteiger partial charge in [-0.1, -0.05) is 0 Å². The molecule has 31 heavy (non-hydrogen) atoms. The van der Waals surface area contributed by atoms with Crippen molar-refractivity contribution >= 4 is 44.6 Å². The Balaban J connectivity index is 1.46. The molecule has 2 N–H and O–H groups in total. The summed E-state index contributed by atoms with van der Waals surface area (Å²) in [4.78, 5) is 29.6. The van der Waals surface area contributed by atoms with Crippen LogP contribution in [0.15, 0.2) is 52.5 Å². The van der Waals surface area contributed by atoms with Gasteiger partial charge in [-0.05, 0) is 48.9 Å². The second-order valence-corrected chi connectivity index (χ2v) is 8.31. The smallest absolute Gasteiger partial charge is 0.291 e. The third kappa shape index (κ3) is 4.49. The van der Waals surface area contributed by atoms with Crippen molar-refractivity contribution in [3.63, 3.8) is 0 Å². The van der Waals surface area contributed by atoms with Crippen LogP contribution in [0.5, 0.6) is 5.75 Å². The van der Waals surface area contributed by atoms with Crippen molar-refractivity contribution in [2.24, 2.45) is 0 Å². The molecule has 1 aromatic carbocycles. The lowest BCUT2D eigenvalue weighted by Gasteiger charge is -2.03. The molecule has 7 nitrogen and oxygen atoms in total. The maximum atomic E-state index is 13.9. The SMILES string of the molecule is COc1ccc(-c2csc(NC(=O)c3sc(NC(=O)c4ccco4)cc3C)n2)cc1F. The maximum absolute atomic E-state index is 13.9. The van der Waals surface area contributed by atoms with Gasteiger partial charge in [0.1, 0.15) is 0 Å². The average molecular weight is 458 g/mol. The maximum Gasteiger partial charge on any atom is 0.291 e. The van der Waals surface area contributed by atoms with E-state index in [-0.39, 0.29) is 17.4 Å². The molecular formula is C21H16FN3O4S2. The number of aryl methyl sites for hydroxylation is 1. The Kier molecular flexibility index (Phi) is 5.83. The summed E-state index contributed by atoms with van der Waals surface area (Å²) in [7, 11) is 1.40. The molecular weight excluding hydrogens is 441 g/mol. The van der Waals surface area contributed by atoms with E-state index in [1.165, 1.54) is 36.8 Å². The standard InChI is InChI=1S/C21H16FN3O4S2/c1-11-8-17(24-19(26)16-4-3-7-29-16)31-18(11)20(27)25-21-23-14(10-30-21)12-5-6-15(28-2)13(22)9-12/h3-10H,1-2H3,(H,24,26)(H,23,25,27). The molecule has 0 spiro atoms. The Morgan fingerprint density at radius 2 is 2.00 bits per heavy atom. The molecule has 0 radical (unpaired) electrons. The lowest BCUT2D eigenvalue weighted by Crippen LogP contribution is -2.11. The number of carbonyl (C=O) groups is 2. The molecule has 0 saturated carbocycles. The molecule has 0 aliphatic heterocycles. The number of thiazole rings is 1. The molecule has 3 heterocycles. The number of methoxy groups -OCH3 is 1. The fourth-order valence-electron chi connectivity index (χ4n) is 2.79. The molecule has 2 amide bonds. The van der Waals surface area contributed by atoms with Crippen LogP contribution in [-0.4, -0.2) is 23.9 Å². The molecule has 10 heteroatoms. The van der Waals surface area contributed by atoms with Crippen LogP contribution in [0.25, 0.3) is 11.3 Å². The van der Waals surface area contributed by atoms with Gasteiger partial charge in [-0.25, -0.2) is 9.37 Å². The van der Waals surface area contributed by atoms with Crippen molar-refractivity contribution in [1.82, 2.24) is 4.98 Å². The van der Waals surface area contributed by atoms with Gasteiger partial charge in [0.2, 0.25) is 0 Å². The summed E-state index contributed by atoms with van der Waals surface area (Å²) in [6.07, 6.45) is 1.41. The molecule has 0 unspecified atom stereocenters. The zero-order chi connectivity index (χ0) is 22.0. The van der Waals surface area contributed by atoms with Crippen LogP contribution in [0.4, 0.5) is 14.5 Å². The van der Waals surface area contributed by atoms with E-state index in [0.29, 0.717) is 31.8 Å². The van der Waals surface area contributed by atoms with Gasteiger partial charge in [0.25, 0.3) is 11.8 Å². The third-order valence-corrected chi connectivity index (χ3v) is 6.19. The lowest BCUT2D eigenvalue weighted by atomic mass is 10.1. The van der Waals surface area contributed by atoms with Crippen molar-refractivity contribution in [2.45, 2.75) is 6.92 Å². The topological polar surface area (TPSA) is 93.5 Å². The summed E-state index contributed by atoms with van der Waals surface area (Å²) >= 11 is 2.38. The molecule has 0 aliphatic carbocycles. The van der Waals surface area contributed by atoms with E-state index in [1.807, 2.05) is 0 Å². The van der Waals surface area contributed by atoms with Crippen molar-refractivity contribution < 1.29 is 23.1 Å². The van der Waals surface area contributed by atoms with Gasteiger partial charge >= 0.3 is 0 Å². The first-order valence-corrected chi connectivity index (χ1v) is 10.7. The number of rotatable bonds is 6. The number of hydrogen-bond acceptors (Lipinski definition) is 7. The van der Waals surface area contributed by atoms with E-state index in [1.54, 1.807) is 36.6 Å². The lowest BCUT2D eigenvalue weighted by molar-refractivity contribution is 0.0995. The molecule has 0 atom stereocenters. The Morgan fingerprint density at radius 1 is 1.16 bits per heavy atom. The van der Waals surface area contributed by atoms with Gasteiger partial charge in [-0.3, -0.25) is 14.9 Å². The predicted molar refractivity (Wildman–Crippen MR) is 118 cm³/mol. The first-order chi connectivity index (χ1) is 14.9. The molecule has 4 aromatic rings. The normalized spacial score (nSPS) is 10.7. The van der Waals surface area contributed by atoms with Crippen molar-refractivity contribution in [2.75, 3.05) is 17.7 Å². The largest absolute Gasteiger partial charge is 0.494 e. The van der Waals surface area contributed by atoms with Crippen LogP contribution in [0.3, 0.4) is 0 Å². The molecule has 158 valence electrons. The number of carbonyl (C=O) groups excluding carboxylic acids is 2. The number of thiophene rings is 1. The zero-order valence-corrected chi connectivity index (χ0v) is 18.0. The monoisotopic (exact) mass is 457 g/mol. The second kappa shape index (κ2) is 8.70. The fraction of sp³-hybridized carbons (Fsp3) is 0.0952. The first kappa shape index (κ1) is 20.8. The number of furan rings is 1. The average Bonchev–Trinajstić information content (AvgIpc) is 3.49. The highest BCUT2D eigenvalue weighted by molar-refractivity contribution is 7.18. The Labute approximate surface area is 184 Å². The molecule has 3 aromatic heterocycles. The number of nitrogens with one attached hydrogen (secondary N) is 2. The molecule has 4 rings (SSSR count). The number of hydrogen-bond donors (Lipinski definition) is 2. The van der Waals surface area contributed by atoms with E-state index in [0.717, 1.165) is 11.3 Å². The fourth-order valence-corrected chi connectivity index (χ4v) is 4.47. The first-order valence-electron chi connectivity index (χ1n) is 9.00. The molecule has 0 bridgehead atoms. The third-order valence-electron chi connectivity index (χ3n) is 4.28. The zero-order valence-electron chi connectivity index (χ0n) is 16.4. The summed E-state index contributed by atoms with van der Waals surface area (Å²) < 4.78 is 23.9. The summed E-state index contributed by atoms with van der Waals surface area (Å²) in [5.41, 5.74) is 1.83. The molecule has 0 aliphatic rings. The van der Waals surface area contributed by atoms with E-state index in [4.69, 9.17) is 9.15 Å². The van der Waals surface area contributed by atoms with Gasteiger partial charge in [0.05, 0.1) is 28.9 Å². The van der Waals surface area contributed by atoms with Crippen molar-refractivity contribution in [1.29, 1.82) is 0 Å². The van der Waals surface area contributed by atoms with Gasteiger partial charge < -0.3 is 14.5 Å². The Hall–Kier alpha value is -3.50. The molecule has 0 saturated heterocycles. The number of nitrogens with zero attached hydrogens (tertiary/aromatic N) is 1. The van der Waals surface area contributed by atoms with E-state index in [9.17, 15) is 14.0 Å². The Morgan fingerprint density at radius 3 is 2.71 bits per heavy atom. The van der Waals surface area contributed by atoms with Gasteiger partial charge in [0.15, 0.2) is 22.5 Å². The van der Waals surface area contributed by atoms with Crippen molar-refractivity contribution in [3.8, 4) is 17.0 Å². The highest BCUT2D eigenvalue weighted by Crippen LogP contribution is 2.31. The minimum Gasteiger partial charge on any atom is -0.494 e. The number of amides is 2. The van der Waals surface area contributed by atoms with E-state index >= 15 is 0 Å². The predicted octanol–water partition coefficient (Wildman–Crippen LogP) is 5.43. The highest BCUT2D eigenvalue weighted by atomic mass is 32.1. The van der Waals surface area contributed by atoms with Crippen LogP contribution in [0, 0.1) is 12.7 Å². The minimum absolute atomic E-state index is 0.149. The highest BCUT2D eigenvalue weighted by Gasteiger charge is 2.18. The van der Waals surface area contributed by atoms with Gasteiger partial charge in [-0.2, -0.15) is 0 Å². The van der Waals surface area contributed by atoms with Crippen LogP contribution in [0.2, 0.25) is 0 Å². The number of aromatic nitrogens is 1. The Bertz CT molecular complexity index is 1250. The summed E-state index contributed by atoms with van der Waals surface area (Å²) in [6.45, 7) is 1.78. The summed E-state index contributed by atoms with van der Waals surface area (Å²) in [6, 6.07) is 9.44. The van der Waals surface area contributed by atoms with Crippen LogP contribution in [-0.2, 0) is 0 Å². The van der Waals surface area contributed by atoms with E-state index in [2.05, 4.69) is 15.6 Å². The quantitative estimate of drug-likeness (QED) is 0.403. The van der Waals surface area contributed by atoms with E-state index < -0.39 is 11.7 Å². The number of anilines is 2. The van der Waals surface area contributed by atoms with Crippen LogP contribution < -0.4 is 15.4 Å². The molecule has 0 fully saturated rings. The van der Waals surface area contributed by atoms with Gasteiger partial charge in [-0.15, -0.1) is 22.7 Å². The summed E-state index contributed by atoms with van der Waals surface area (Å²) in [5, 5.41) is 8.10. The minimum atomic E-state index is -0.489. The number of halogens is 1.